The molecule has 0 aromatic rings. The van der Waals surface area contributed by atoms with Gasteiger partial charge in [-0.05, 0) is 0 Å². The molecule has 0 saturated heterocycles. The predicted octanol–water partition coefficient (Wildman–Crippen LogP) is -1.69. The van der Waals surface area contributed by atoms with Gasteiger partial charge in [0.2, 0.25) is 0 Å². The molecule has 1 nitrogen and oxygen atoms in total. The van der Waals surface area contributed by atoms with E-state index in [2.05, 4.69) is 0 Å². The summed E-state index contributed by atoms with van der Waals surface area (Å²) in [6.07, 6.45) is 0. The van der Waals surface area contributed by atoms with Gasteiger partial charge >= 0.3 is 76.3 Å². The molecule has 0 rings (SSSR count). The van der Waals surface area contributed by atoms with Gasteiger partial charge in [-0.2, -0.15) is 0 Å². The Bertz CT molecular complexity index is 15.5. The molecule has 0 aliphatic heterocycles. The first-order valence-corrected chi connectivity index (χ1v) is 0.842. The summed E-state index contributed by atoms with van der Waals surface area (Å²) < 4.78 is 8.25. The third kappa shape index (κ3) is 26.5. The first kappa shape index (κ1) is 34.6. The molecule has 0 atom stereocenters. The average Bonchev–Trinajstić information content (AvgIpc) is 1.00. The molecule has 0 spiro atoms. The Morgan fingerprint density at radius 2 is 1.17 bits per heavy atom. The molecular formula is H3CuMgMnNaOTi. The molecule has 0 aliphatic carbocycles. The van der Waals surface area contributed by atoms with Crippen LogP contribution < -0.4 is 0 Å². The predicted molar refractivity (Wildman–Crippen MR) is 16.4 cm³/mol. The van der Waals surface area contributed by atoms with Crippen LogP contribution in [0.4, 0.5) is 0 Å². The van der Waals surface area contributed by atoms with Crippen LogP contribution in [0.3, 0.4) is 0 Å². The molecule has 0 saturated carbocycles. The summed E-state index contributed by atoms with van der Waals surface area (Å²) in [6.45, 7) is 0. The fourth-order valence-corrected chi connectivity index (χ4v) is 0. The van der Waals surface area contributed by atoms with E-state index in [1.165, 1.54) is 0 Å². The Kier molecular flexibility index (Phi) is 233. The summed E-state index contributed by atoms with van der Waals surface area (Å²) in [5.41, 5.74) is 0. The van der Waals surface area contributed by atoms with Gasteiger partial charge in [0.1, 0.15) is 0 Å². The summed E-state index contributed by atoms with van der Waals surface area (Å²) in [5.74, 6) is 0. The van der Waals surface area contributed by atoms with E-state index in [1.54, 1.807) is 0 Å². The zero-order valence-electron chi connectivity index (χ0n) is 1.59. The van der Waals surface area contributed by atoms with Crippen LogP contribution in [-0.2, 0) is 57.9 Å². The normalized spacial score (nSPS) is 0.500. The molecule has 0 unspecified atom stereocenters. The summed E-state index contributed by atoms with van der Waals surface area (Å²) in [5, 5.41) is 0. The maximum absolute atomic E-state index is 8.25. The van der Waals surface area contributed by atoms with Crippen molar-refractivity contribution in [2.24, 2.45) is 0 Å². The third-order valence-corrected chi connectivity index (χ3v) is 0. The van der Waals surface area contributed by atoms with Gasteiger partial charge in [-0.25, -0.2) is 0 Å². The molecule has 34 valence electrons. The van der Waals surface area contributed by atoms with Crippen LogP contribution in [0.25, 0.3) is 0 Å². The van der Waals surface area contributed by atoms with Crippen molar-refractivity contribution in [2.45, 2.75) is 0 Å². The van der Waals surface area contributed by atoms with Crippen molar-refractivity contribution in [1.82, 2.24) is 0 Å². The summed E-state index contributed by atoms with van der Waals surface area (Å²) in [4.78, 5) is 0. The van der Waals surface area contributed by atoms with Crippen molar-refractivity contribution in [3.05, 3.63) is 0 Å². The molecule has 0 aromatic heterocycles. The first-order chi connectivity index (χ1) is 1.00. The molecule has 0 aliphatic rings. The van der Waals surface area contributed by atoms with Gasteiger partial charge in [-0.1, -0.05) is 0 Å². The van der Waals surface area contributed by atoms with Gasteiger partial charge < -0.3 is 0 Å². The monoisotopic (exact) mass is 232 g/mol. The van der Waals surface area contributed by atoms with E-state index in [-0.39, 0.29) is 86.7 Å². The molecule has 2 radical (unpaired) electrons. The van der Waals surface area contributed by atoms with Crippen LogP contribution in [0.15, 0.2) is 0 Å². The zero-order chi connectivity index (χ0) is 2.00. The van der Waals surface area contributed by atoms with Crippen LogP contribution >= 0.6 is 0 Å². The maximum atomic E-state index is 8.25. The Morgan fingerprint density at radius 3 is 1.17 bits per heavy atom. The number of rotatable bonds is 0. The Balaban J connectivity index is -0.000000000833. The molecule has 0 aromatic carbocycles. The number of hydrogen-bond donors (Lipinski definition) is 0. The fraction of sp³-hybridized carbons (Fsp3) is 0. The minimum absolute atomic E-state index is 0. The Hall–Kier alpha value is 3.32. The zero-order valence-corrected chi connectivity index (χ0v) is 5.27. The van der Waals surface area contributed by atoms with Crippen molar-refractivity contribution in [3.8, 4) is 0 Å². The molecular weight excluding hydrogens is 230 g/mol. The first-order valence-electron chi connectivity index (χ1n) is 0.204. The fourth-order valence-electron chi connectivity index (χ4n) is 0. The van der Waals surface area contributed by atoms with Crippen LogP contribution in [0, 0.1) is 0 Å². The second-order valence-electron chi connectivity index (χ2n) is 0. The quantitative estimate of drug-likeness (QED) is 0.456. The summed E-state index contributed by atoms with van der Waals surface area (Å²) >= 11 is 0.750. The van der Waals surface area contributed by atoms with Crippen LogP contribution in [0.5, 0.6) is 0 Å². The van der Waals surface area contributed by atoms with Gasteiger partial charge in [-0.3, -0.25) is 0 Å². The van der Waals surface area contributed by atoms with Crippen LogP contribution in [0.1, 0.15) is 0 Å². The van der Waals surface area contributed by atoms with E-state index >= 15 is 0 Å². The molecule has 0 bridgehead atoms. The summed E-state index contributed by atoms with van der Waals surface area (Å²) in [7, 11) is 0. The Labute approximate surface area is 108 Å². The van der Waals surface area contributed by atoms with E-state index in [4.69, 9.17) is 3.32 Å². The van der Waals surface area contributed by atoms with Gasteiger partial charge in [0, 0.05) is 34.1 Å². The van der Waals surface area contributed by atoms with Crippen molar-refractivity contribution >= 4 is 52.6 Å². The van der Waals surface area contributed by atoms with Crippen molar-refractivity contribution in [1.29, 1.82) is 0 Å². The Morgan fingerprint density at radius 1 is 1.17 bits per heavy atom. The van der Waals surface area contributed by atoms with Gasteiger partial charge in [-0.15, -0.1) is 0 Å². The standard InChI is InChI=1S/Cu.Mg.Mn.Na.O.Ti.3H. The molecule has 6 heavy (non-hydrogen) atoms. The van der Waals surface area contributed by atoms with Crippen molar-refractivity contribution < 1.29 is 57.9 Å². The summed E-state index contributed by atoms with van der Waals surface area (Å²) in [6, 6.07) is 0. The molecule has 0 heterocycles. The van der Waals surface area contributed by atoms with Gasteiger partial charge in [0.05, 0.1) is 0 Å². The van der Waals surface area contributed by atoms with E-state index in [0.717, 1.165) is 20.4 Å². The third-order valence-electron chi connectivity index (χ3n) is 0. The molecule has 0 N–H and O–H groups in total. The topological polar surface area (TPSA) is 17.1 Å². The molecule has 0 amide bonds. The van der Waals surface area contributed by atoms with E-state index in [0.29, 0.717) is 0 Å². The SMILES string of the molecule is [Cu].[MgH2].[Mn].[NaH].[O]=[Ti]. The van der Waals surface area contributed by atoms with Crippen LogP contribution in [0.2, 0.25) is 0 Å². The average molecular weight is 233 g/mol. The second kappa shape index (κ2) is 40.4. The van der Waals surface area contributed by atoms with Crippen LogP contribution in [-0.4, -0.2) is 52.6 Å². The molecule has 6 heteroatoms. The number of hydrogen-bond acceptors (Lipinski definition) is 1. The van der Waals surface area contributed by atoms with E-state index < -0.39 is 0 Å². The van der Waals surface area contributed by atoms with E-state index in [9.17, 15) is 0 Å². The second-order valence-corrected chi connectivity index (χ2v) is 0. The van der Waals surface area contributed by atoms with Crippen molar-refractivity contribution in [3.63, 3.8) is 0 Å². The van der Waals surface area contributed by atoms with Gasteiger partial charge in [0.15, 0.2) is 0 Å². The van der Waals surface area contributed by atoms with E-state index in [1.807, 2.05) is 0 Å². The van der Waals surface area contributed by atoms with Gasteiger partial charge in [0.25, 0.3) is 0 Å². The minimum atomic E-state index is 0. The molecule has 0 fully saturated rings. The van der Waals surface area contributed by atoms with Crippen molar-refractivity contribution in [2.75, 3.05) is 0 Å².